The molecule has 8 aromatic carbocycles. The molecule has 0 amide bonds. The van der Waals surface area contributed by atoms with Gasteiger partial charge >= 0.3 is 0 Å². The number of para-hydroxylation sites is 2. The van der Waals surface area contributed by atoms with Gasteiger partial charge in [0.2, 0.25) is 0 Å². The summed E-state index contributed by atoms with van der Waals surface area (Å²) in [7, 11) is 0. The van der Waals surface area contributed by atoms with E-state index >= 15 is 0 Å². The van der Waals surface area contributed by atoms with E-state index in [-0.39, 0.29) is 5.92 Å². The number of hydrogen-bond acceptors (Lipinski definition) is 1. The van der Waals surface area contributed by atoms with Gasteiger partial charge < -0.3 is 9.13 Å². The molecule has 3 heterocycles. The van der Waals surface area contributed by atoms with Crippen LogP contribution in [0.25, 0.3) is 92.6 Å². The highest BCUT2D eigenvalue weighted by molar-refractivity contribution is 7.25. The second kappa shape index (κ2) is 12.8. The monoisotopic (exact) mass is 744 g/mol. The molecule has 3 heteroatoms. The van der Waals surface area contributed by atoms with E-state index in [4.69, 9.17) is 0 Å². The standard InChI is InChI=1S/C54H36N2S/c1-4-14-35(15-5-1)39-28-40(36-16-6-2-7-17-36)30-42(29-39)56-49-22-12-10-20-43(49)45-31-37(24-26-50(45)56)38-25-27-51-46(32-38)47-33-48-44-21-11-13-23-53(44)57-54(48)34-52(47)55(51)41-18-8-3-9-19-41/h1-30,32-34,37H,31H2. The van der Waals surface area contributed by atoms with Crippen molar-refractivity contribution in [3.05, 3.63) is 211 Å². The van der Waals surface area contributed by atoms with Crippen LogP contribution in [0.2, 0.25) is 0 Å². The lowest BCUT2D eigenvalue weighted by Gasteiger charge is -2.20. The topological polar surface area (TPSA) is 9.86 Å². The minimum absolute atomic E-state index is 0.248. The highest BCUT2D eigenvalue weighted by Gasteiger charge is 2.25. The predicted molar refractivity (Wildman–Crippen MR) is 243 cm³/mol. The van der Waals surface area contributed by atoms with Gasteiger partial charge in [-0.25, -0.2) is 0 Å². The third-order valence-corrected chi connectivity index (χ3v) is 13.2. The Morgan fingerprint density at radius 2 is 1.04 bits per heavy atom. The lowest BCUT2D eigenvalue weighted by molar-refractivity contribution is 0.826. The van der Waals surface area contributed by atoms with E-state index in [1.165, 1.54) is 103 Å². The van der Waals surface area contributed by atoms with E-state index in [1.54, 1.807) is 0 Å². The molecule has 57 heavy (non-hydrogen) atoms. The van der Waals surface area contributed by atoms with E-state index in [0.29, 0.717) is 0 Å². The molecule has 11 aromatic rings. The van der Waals surface area contributed by atoms with Crippen molar-refractivity contribution in [2.45, 2.75) is 12.3 Å². The Labute approximate surface area is 334 Å². The van der Waals surface area contributed by atoms with E-state index in [9.17, 15) is 0 Å². The number of rotatable bonds is 5. The second-order valence-corrected chi connectivity index (χ2v) is 16.4. The summed E-state index contributed by atoms with van der Waals surface area (Å²) >= 11 is 1.89. The molecule has 0 spiro atoms. The Kier molecular flexibility index (Phi) is 7.26. The van der Waals surface area contributed by atoms with Gasteiger partial charge in [-0.2, -0.15) is 0 Å². The molecule has 12 rings (SSSR count). The number of thiophene rings is 1. The van der Waals surface area contributed by atoms with Crippen LogP contribution in [0.1, 0.15) is 22.7 Å². The Bertz CT molecular complexity index is 3310. The summed E-state index contributed by atoms with van der Waals surface area (Å²) in [6.45, 7) is 0. The van der Waals surface area contributed by atoms with Gasteiger partial charge in [-0.1, -0.05) is 127 Å². The van der Waals surface area contributed by atoms with Gasteiger partial charge in [-0.05, 0) is 113 Å². The van der Waals surface area contributed by atoms with Crippen LogP contribution >= 0.6 is 11.3 Å². The second-order valence-electron chi connectivity index (χ2n) is 15.3. The molecule has 0 bridgehead atoms. The Hall–Kier alpha value is -6.94. The molecule has 0 radical (unpaired) electrons. The van der Waals surface area contributed by atoms with Gasteiger partial charge in [-0.3, -0.25) is 0 Å². The smallest absolute Gasteiger partial charge is 0.0555 e. The van der Waals surface area contributed by atoms with E-state index in [2.05, 4.69) is 209 Å². The fraction of sp³-hybridized carbons (Fsp3) is 0.0370. The first-order valence-corrected chi connectivity index (χ1v) is 20.6. The SMILES string of the molecule is C1=CC(c2ccc3c(c2)c2cc4c(cc2n3-c2ccccc2)sc2ccccc24)Cc2c1n(-c1cc(-c3ccccc3)cc(-c3ccccc3)c1)c1ccccc21. The van der Waals surface area contributed by atoms with Crippen LogP contribution < -0.4 is 0 Å². The van der Waals surface area contributed by atoms with Crippen LogP contribution in [-0.4, -0.2) is 9.13 Å². The molecule has 0 N–H and O–H groups in total. The molecule has 1 unspecified atom stereocenters. The zero-order valence-electron chi connectivity index (χ0n) is 31.1. The fourth-order valence-corrected chi connectivity index (χ4v) is 10.5. The van der Waals surface area contributed by atoms with Gasteiger partial charge in [0.1, 0.15) is 0 Å². The molecular formula is C54H36N2S. The van der Waals surface area contributed by atoms with Gasteiger partial charge in [-0.15, -0.1) is 11.3 Å². The Morgan fingerprint density at radius 1 is 0.404 bits per heavy atom. The quantitative estimate of drug-likeness (QED) is 0.166. The van der Waals surface area contributed by atoms with Crippen molar-refractivity contribution in [1.29, 1.82) is 0 Å². The fourth-order valence-electron chi connectivity index (χ4n) is 9.39. The number of fused-ring (bicyclic) bond motifs is 9. The molecule has 1 aliphatic rings. The van der Waals surface area contributed by atoms with E-state index < -0.39 is 0 Å². The summed E-state index contributed by atoms with van der Waals surface area (Å²) in [4.78, 5) is 0. The molecule has 1 atom stereocenters. The summed E-state index contributed by atoms with van der Waals surface area (Å²) in [5.74, 6) is 0.248. The molecule has 0 fully saturated rings. The normalized spacial score (nSPS) is 14.0. The van der Waals surface area contributed by atoms with E-state index in [1.807, 2.05) is 11.3 Å². The summed E-state index contributed by atoms with van der Waals surface area (Å²) in [6.07, 6.45) is 5.77. The minimum Gasteiger partial charge on any atom is -0.310 e. The van der Waals surface area contributed by atoms with Crippen molar-refractivity contribution in [1.82, 2.24) is 9.13 Å². The van der Waals surface area contributed by atoms with Crippen molar-refractivity contribution in [3.8, 4) is 33.6 Å². The van der Waals surface area contributed by atoms with Crippen LogP contribution in [0.3, 0.4) is 0 Å². The van der Waals surface area contributed by atoms with E-state index in [0.717, 1.165) is 6.42 Å². The molecular weight excluding hydrogens is 709 g/mol. The van der Waals surface area contributed by atoms with Gasteiger partial charge in [0, 0.05) is 59.3 Å². The average molecular weight is 745 g/mol. The maximum Gasteiger partial charge on any atom is 0.0555 e. The summed E-state index contributed by atoms with van der Waals surface area (Å²) in [5, 5.41) is 6.59. The van der Waals surface area contributed by atoms with Crippen LogP contribution in [0.5, 0.6) is 0 Å². The van der Waals surface area contributed by atoms with Crippen LogP contribution in [0.15, 0.2) is 194 Å². The molecule has 2 nitrogen and oxygen atoms in total. The van der Waals surface area contributed by atoms with Gasteiger partial charge in [0.25, 0.3) is 0 Å². The van der Waals surface area contributed by atoms with Crippen LogP contribution in [0, 0.1) is 0 Å². The molecule has 0 saturated carbocycles. The molecule has 1 aliphatic carbocycles. The minimum atomic E-state index is 0.248. The first-order chi connectivity index (χ1) is 28.2. The van der Waals surface area contributed by atoms with Gasteiger partial charge in [0.05, 0.1) is 16.6 Å². The number of aromatic nitrogens is 2. The maximum atomic E-state index is 2.49. The summed E-state index contributed by atoms with van der Waals surface area (Å²) in [5.41, 5.74) is 15.0. The number of benzene rings is 8. The summed E-state index contributed by atoms with van der Waals surface area (Å²) < 4.78 is 7.60. The van der Waals surface area contributed by atoms with Crippen molar-refractivity contribution in [3.63, 3.8) is 0 Å². The highest BCUT2D eigenvalue weighted by Crippen LogP contribution is 2.44. The first-order valence-electron chi connectivity index (χ1n) is 19.8. The highest BCUT2D eigenvalue weighted by atomic mass is 32.1. The van der Waals surface area contributed by atoms with Gasteiger partial charge in [0.15, 0.2) is 0 Å². The maximum absolute atomic E-state index is 2.49. The van der Waals surface area contributed by atoms with Crippen molar-refractivity contribution >= 4 is 70.3 Å². The van der Waals surface area contributed by atoms with Crippen LogP contribution in [0.4, 0.5) is 0 Å². The first kappa shape index (κ1) is 32.3. The number of nitrogens with zero attached hydrogens (tertiary/aromatic N) is 2. The number of hydrogen-bond donors (Lipinski definition) is 0. The third-order valence-electron chi connectivity index (χ3n) is 12.1. The summed E-state index contributed by atoms with van der Waals surface area (Å²) in [6, 6.07) is 69.2. The molecule has 268 valence electrons. The zero-order valence-corrected chi connectivity index (χ0v) is 32.0. The third kappa shape index (κ3) is 5.16. The molecule has 0 saturated heterocycles. The lowest BCUT2D eigenvalue weighted by atomic mass is 9.86. The predicted octanol–water partition coefficient (Wildman–Crippen LogP) is 14.8. The lowest BCUT2D eigenvalue weighted by Crippen LogP contribution is -2.07. The van der Waals surface area contributed by atoms with Crippen molar-refractivity contribution in [2.24, 2.45) is 0 Å². The zero-order chi connectivity index (χ0) is 37.5. The van der Waals surface area contributed by atoms with Crippen LogP contribution in [-0.2, 0) is 6.42 Å². The Morgan fingerprint density at radius 3 is 1.79 bits per heavy atom. The largest absolute Gasteiger partial charge is 0.310 e. The molecule has 0 aliphatic heterocycles. The average Bonchev–Trinajstić information content (AvgIpc) is 3.93. The molecule has 3 aromatic heterocycles. The Balaban J connectivity index is 1.02. The number of allylic oxidation sites excluding steroid dienone is 1. The van der Waals surface area contributed by atoms with Crippen molar-refractivity contribution in [2.75, 3.05) is 0 Å². The van der Waals surface area contributed by atoms with Crippen molar-refractivity contribution < 1.29 is 0 Å².